The van der Waals surface area contributed by atoms with E-state index in [0.717, 1.165) is 48.6 Å². The molecule has 2 rings (SSSR count). The van der Waals surface area contributed by atoms with Crippen molar-refractivity contribution in [2.75, 3.05) is 0 Å². The van der Waals surface area contributed by atoms with E-state index in [1.54, 1.807) is 0 Å². The second-order valence-electron chi connectivity index (χ2n) is 4.81. The van der Waals surface area contributed by atoms with Gasteiger partial charge in [-0.05, 0) is 26.7 Å². The molecule has 0 fully saturated rings. The van der Waals surface area contributed by atoms with Crippen LogP contribution in [-0.4, -0.2) is 25.2 Å². The molecule has 7 heteroatoms. The Bertz CT molecular complexity index is 616. The minimum Gasteiger partial charge on any atom is -0.370 e. The molecule has 2 N–H and O–H groups in total. The largest absolute Gasteiger partial charge is 0.370 e. The lowest BCUT2D eigenvalue weighted by molar-refractivity contribution is -0.118. The number of fused-ring (bicyclic) bond motifs is 1. The average Bonchev–Trinajstić information content (AvgIpc) is 2.92. The number of halogens is 1. The highest BCUT2D eigenvalue weighted by Crippen LogP contribution is 2.21. The molecule has 2 heterocycles. The molecule has 0 spiro atoms. The maximum absolute atomic E-state index is 10.8. The number of unbranched alkanes of at least 4 members (excludes halogenated alkanes) is 1. The van der Waals surface area contributed by atoms with Gasteiger partial charge in [-0.1, -0.05) is 0 Å². The molecule has 0 saturated carbocycles. The lowest BCUT2D eigenvalue weighted by atomic mass is 10.2. The van der Waals surface area contributed by atoms with Gasteiger partial charge in [0, 0.05) is 19.5 Å². The Kier molecular flexibility index (Phi) is 4.65. The van der Waals surface area contributed by atoms with Crippen LogP contribution in [0.5, 0.6) is 0 Å². The molecule has 20 heavy (non-hydrogen) atoms. The van der Waals surface area contributed by atoms with Crippen LogP contribution in [-0.2, 0) is 23.8 Å². The first-order chi connectivity index (χ1) is 9.58. The van der Waals surface area contributed by atoms with Crippen LogP contribution in [0.15, 0.2) is 0 Å². The van der Waals surface area contributed by atoms with Crippen molar-refractivity contribution in [3.8, 4) is 0 Å². The summed E-state index contributed by atoms with van der Waals surface area (Å²) in [6.07, 6.45) is 2.06. The number of alkyl halides is 1. The number of imidazole rings is 1. The van der Waals surface area contributed by atoms with Crippen LogP contribution in [0.4, 0.5) is 0 Å². The van der Waals surface area contributed by atoms with E-state index in [4.69, 9.17) is 17.3 Å². The van der Waals surface area contributed by atoms with E-state index in [1.165, 1.54) is 0 Å². The molecule has 6 nitrogen and oxygen atoms in total. The highest BCUT2D eigenvalue weighted by Gasteiger charge is 2.17. The van der Waals surface area contributed by atoms with Crippen LogP contribution in [0.1, 0.15) is 37.7 Å². The summed E-state index contributed by atoms with van der Waals surface area (Å²) in [4.78, 5) is 15.3. The van der Waals surface area contributed by atoms with E-state index in [9.17, 15) is 4.79 Å². The number of rotatable bonds is 7. The smallest absolute Gasteiger partial charge is 0.217 e. The van der Waals surface area contributed by atoms with Crippen LogP contribution in [0.3, 0.4) is 0 Å². The van der Waals surface area contributed by atoms with E-state index in [1.807, 2.05) is 11.6 Å². The highest BCUT2D eigenvalue weighted by molar-refractivity contribution is 6.16. The number of carbonyl (C=O) groups excluding carboxylic acids is 1. The van der Waals surface area contributed by atoms with Gasteiger partial charge < -0.3 is 10.3 Å². The molecule has 0 bridgehead atoms. The first-order valence-corrected chi connectivity index (χ1v) is 7.38. The number of nitrogens with two attached hydrogens (primary N) is 1. The Hall–Kier alpha value is -1.56. The third-order valence-electron chi connectivity index (χ3n) is 3.35. The molecule has 0 atom stereocenters. The van der Waals surface area contributed by atoms with E-state index < -0.39 is 0 Å². The Balaban J connectivity index is 2.27. The number of primary amides is 1. The molecule has 0 aliphatic rings. The average molecular weight is 298 g/mol. The van der Waals surface area contributed by atoms with Gasteiger partial charge in [0.1, 0.15) is 11.3 Å². The summed E-state index contributed by atoms with van der Waals surface area (Å²) >= 11 is 5.98. The van der Waals surface area contributed by atoms with Gasteiger partial charge in [0.05, 0.1) is 11.6 Å². The van der Waals surface area contributed by atoms with Gasteiger partial charge in [-0.15, -0.1) is 11.6 Å². The number of nitrogens with zero attached hydrogens (tertiary/aromatic N) is 4. The second kappa shape index (κ2) is 6.26. The first-order valence-electron chi connectivity index (χ1n) is 6.85. The molecule has 110 valence electrons. The summed E-state index contributed by atoms with van der Waals surface area (Å²) in [7, 11) is 0. The quantitative estimate of drug-likeness (QED) is 0.627. The molecule has 0 aliphatic heterocycles. The van der Waals surface area contributed by atoms with Gasteiger partial charge in [-0.25, -0.2) is 9.67 Å². The zero-order valence-corrected chi connectivity index (χ0v) is 12.7. The van der Waals surface area contributed by atoms with Crippen LogP contribution >= 0.6 is 11.6 Å². The predicted octanol–water partition coefficient (Wildman–Crippen LogP) is 1.96. The number of aryl methyl sites for hydroxylation is 3. The number of hydrogen-bond acceptors (Lipinski definition) is 3. The Morgan fingerprint density at radius 3 is 2.75 bits per heavy atom. The van der Waals surface area contributed by atoms with Crippen molar-refractivity contribution in [3.63, 3.8) is 0 Å². The van der Waals surface area contributed by atoms with E-state index in [0.29, 0.717) is 12.3 Å². The van der Waals surface area contributed by atoms with Gasteiger partial charge in [-0.2, -0.15) is 5.10 Å². The summed E-state index contributed by atoms with van der Waals surface area (Å²) in [5, 5.41) is 4.48. The van der Waals surface area contributed by atoms with Crippen molar-refractivity contribution in [3.05, 3.63) is 11.5 Å². The summed E-state index contributed by atoms with van der Waals surface area (Å²) in [6.45, 7) is 5.57. The molecule has 0 saturated heterocycles. The summed E-state index contributed by atoms with van der Waals surface area (Å²) < 4.78 is 4.05. The van der Waals surface area contributed by atoms with Crippen LogP contribution in [0.2, 0.25) is 0 Å². The Labute approximate surface area is 122 Å². The minimum absolute atomic E-state index is 0.257. The molecule has 1 amide bonds. The monoisotopic (exact) mass is 297 g/mol. The van der Waals surface area contributed by atoms with E-state index in [-0.39, 0.29) is 5.91 Å². The zero-order chi connectivity index (χ0) is 14.7. The maximum atomic E-state index is 10.8. The fraction of sp³-hybridized carbons (Fsp3) is 0.615. The highest BCUT2D eigenvalue weighted by atomic mass is 35.5. The number of hydrogen-bond donors (Lipinski definition) is 1. The molecule has 0 unspecified atom stereocenters. The van der Waals surface area contributed by atoms with Crippen molar-refractivity contribution in [2.45, 2.75) is 52.1 Å². The van der Waals surface area contributed by atoms with Crippen molar-refractivity contribution < 1.29 is 4.79 Å². The van der Waals surface area contributed by atoms with Gasteiger partial charge in [0.15, 0.2) is 5.65 Å². The number of aromatic nitrogens is 4. The zero-order valence-electron chi connectivity index (χ0n) is 11.9. The minimum atomic E-state index is -0.257. The number of amides is 1. The molecule has 0 aromatic carbocycles. The third kappa shape index (κ3) is 2.80. The molecule has 0 radical (unpaired) electrons. The summed E-state index contributed by atoms with van der Waals surface area (Å²) in [5.74, 6) is 0.962. The number of carbonyl (C=O) groups is 1. The molecular formula is C13H20ClN5O. The van der Waals surface area contributed by atoms with Gasteiger partial charge in [0.2, 0.25) is 5.91 Å². The van der Waals surface area contributed by atoms with Crippen LogP contribution in [0, 0.1) is 6.92 Å². The standard InChI is InChI=1S/C13H20ClN5O/c1-3-19-13-12(9(2)17-19)16-11(8-14)18(13)7-5-4-6-10(15)20/h3-8H2,1-2H3,(H2,15,20). The van der Waals surface area contributed by atoms with Gasteiger partial charge in [-0.3, -0.25) is 4.79 Å². The predicted molar refractivity (Wildman–Crippen MR) is 78.5 cm³/mol. The lowest BCUT2D eigenvalue weighted by Crippen LogP contribution is -2.11. The molecule has 2 aromatic rings. The third-order valence-corrected chi connectivity index (χ3v) is 3.59. The fourth-order valence-electron chi connectivity index (χ4n) is 2.40. The molecular weight excluding hydrogens is 278 g/mol. The molecule has 2 aromatic heterocycles. The summed E-state index contributed by atoms with van der Waals surface area (Å²) in [6, 6.07) is 0. The summed E-state index contributed by atoms with van der Waals surface area (Å²) in [5.41, 5.74) is 8.00. The maximum Gasteiger partial charge on any atom is 0.217 e. The van der Waals surface area contributed by atoms with Crippen molar-refractivity contribution >= 4 is 28.7 Å². The van der Waals surface area contributed by atoms with Crippen molar-refractivity contribution in [1.82, 2.24) is 19.3 Å². The Morgan fingerprint density at radius 1 is 1.40 bits per heavy atom. The van der Waals surface area contributed by atoms with Crippen molar-refractivity contribution in [2.24, 2.45) is 5.73 Å². The lowest BCUT2D eigenvalue weighted by Gasteiger charge is -2.08. The SMILES string of the molecule is CCn1nc(C)c2nc(CCl)n(CCCCC(N)=O)c21. The topological polar surface area (TPSA) is 78.7 Å². The second-order valence-corrected chi connectivity index (χ2v) is 5.08. The van der Waals surface area contributed by atoms with Gasteiger partial charge >= 0.3 is 0 Å². The molecule has 0 aliphatic carbocycles. The van der Waals surface area contributed by atoms with E-state index in [2.05, 4.69) is 21.6 Å². The first kappa shape index (κ1) is 14.8. The van der Waals surface area contributed by atoms with Crippen LogP contribution in [0.25, 0.3) is 11.2 Å². The Morgan fingerprint density at radius 2 is 2.15 bits per heavy atom. The van der Waals surface area contributed by atoms with E-state index >= 15 is 0 Å². The fourth-order valence-corrected chi connectivity index (χ4v) is 2.60. The van der Waals surface area contributed by atoms with Crippen LogP contribution < -0.4 is 5.73 Å². The van der Waals surface area contributed by atoms with Gasteiger partial charge in [0.25, 0.3) is 0 Å². The normalized spacial score (nSPS) is 11.3. The van der Waals surface area contributed by atoms with Crippen molar-refractivity contribution in [1.29, 1.82) is 0 Å².